The third-order valence-electron chi connectivity index (χ3n) is 8.76. The molecule has 0 radical (unpaired) electrons. The van der Waals surface area contributed by atoms with Gasteiger partial charge < -0.3 is 59.3 Å². The van der Waals surface area contributed by atoms with E-state index in [1.807, 2.05) is 42.5 Å². The highest BCUT2D eigenvalue weighted by Crippen LogP contribution is 2.18. The summed E-state index contributed by atoms with van der Waals surface area (Å²) in [7, 11) is 0. The molecule has 324 valence electrons. The van der Waals surface area contributed by atoms with Crippen molar-refractivity contribution in [3.05, 3.63) is 77.9 Å². The lowest BCUT2D eigenvalue weighted by Gasteiger charge is -2.26. The van der Waals surface area contributed by atoms with Crippen LogP contribution in [0.4, 0.5) is 18.0 Å². The predicted octanol–water partition coefficient (Wildman–Crippen LogP) is -0.465. The van der Waals surface area contributed by atoms with Crippen LogP contribution in [0.5, 0.6) is 5.75 Å². The molecule has 1 fully saturated rings. The minimum atomic E-state index is -5.08. The quantitative estimate of drug-likeness (QED) is 0.0629. The van der Waals surface area contributed by atoms with Crippen molar-refractivity contribution >= 4 is 58.3 Å². The molecule has 0 bridgehead atoms. The summed E-state index contributed by atoms with van der Waals surface area (Å²) in [5.41, 5.74) is 17.4. The molecule has 4 atom stereocenters. The number of phenols is 1. The fraction of sp³-hybridized carbons (Fsp3) is 0.368. The lowest BCUT2D eigenvalue weighted by atomic mass is 10.0. The SMILES string of the molecule is NC(=O)NCCC[C@@H]1NC(=O)[C@H](CCCN=C(N)N)NC(=O)[C@@H](Cc2ccc(O)cc2)NC(=O)CNC(=O)[C@H](Cc2ccc3ccccc3c2)NC1=O.O=C(O)C(F)(F)F. The van der Waals surface area contributed by atoms with Gasteiger partial charge in [0.1, 0.15) is 29.9 Å². The number of aliphatic imine (C=N–C) groups is 1. The molecule has 0 aliphatic carbocycles. The van der Waals surface area contributed by atoms with Gasteiger partial charge >= 0.3 is 18.2 Å². The summed E-state index contributed by atoms with van der Waals surface area (Å²) in [5.74, 6) is -6.40. The number of guanidine groups is 1. The molecule has 1 heterocycles. The van der Waals surface area contributed by atoms with E-state index in [0.717, 1.165) is 16.3 Å². The molecule has 14 N–H and O–H groups in total. The molecule has 1 aliphatic rings. The maximum Gasteiger partial charge on any atom is 0.490 e. The van der Waals surface area contributed by atoms with Crippen molar-refractivity contribution in [1.82, 2.24) is 31.9 Å². The molecule has 60 heavy (non-hydrogen) atoms. The molecule has 22 heteroatoms. The van der Waals surface area contributed by atoms with Gasteiger partial charge in [-0.3, -0.25) is 29.0 Å². The molecule has 7 amide bonds. The number of aromatic hydroxyl groups is 1. The zero-order chi connectivity index (χ0) is 44.4. The number of aliphatic carboxylic acids is 1. The number of urea groups is 1. The first-order chi connectivity index (χ1) is 28.3. The van der Waals surface area contributed by atoms with Crippen LogP contribution < -0.4 is 49.1 Å². The van der Waals surface area contributed by atoms with Gasteiger partial charge in [-0.1, -0.05) is 54.6 Å². The van der Waals surface area contributed by atoms with Crippen LogP contribution in [-0.2, 0) is 41.6 Å². The molecule has 1 aliphatic heterocycles. The van der Waals surface area contributed by atoms with E-state index < -0.39 is 78.4 Å². The average molecular weight is 845 g/mol. The standard InChI is InChI=1S/C36H46N10O7.C2HF3O2/c37-35(38)40-15-3-7-26-32(50)44-27(8-4-16-41-36(39)53)33(51)46-28(19-22-9-12-23-5-1-2-6-24(23)17-22)31(49)42-20-30(48)43-29(34(52)45-26)18-21-10-13-25(47)14-11-21;3-2(4,5)1(6)7/h1-2,5-6,9-14,17,26-29,47H,3-4,7-8,15-16,18-20H2,(H,42,49)(H,43,48)(H,44,50)(H,45,52)(H,46,51)(H4,37,38,40)(H3,39,41,53);(H,6,7)/t26-,27-,28-,29+;/m0./s1. The van der Waals surface area contributed by atoms with E-state index in [9.17, 15) is 47.0 Å². The lowest BCUT2D eigenvalue weighted by Crippen LogP contribution is -2.58. The topological polar surface area (TPSA) is 323 Å². The minimum Gasteiger partial charge on any atom is -0.508 e. The van der Waals surface area contributed by atoms with Crippen molar-refractivity contribution in [3.63, 3.8) is 0 Å². The summed E-state index contributed by atoms with van der Waals surface area (Å²) in [6, 6.07) is 13.7. The Morgan fingerprint density at radius 2 is 1.23 bits per heavy atom. The number of carboxylic acid groups (broad SMARTS) is 1. The number of benzene rings is 3. The maximum absolute atomic E-state index is 13.9. The number of amides is 7. The molecule has 1 saturated heterocycles. The monoisotopic (exact) mass is 844 g/mol. The number of alkyl halides is 3. The van der Waals surface area contributed by atoms with Crippen molar-refractivity contribution in [3.8, 4) is 5.75 Å². The van der Waals surface area contributed by atoms with Crippen LogP contribution >= 0.6 is 0 Å². The van der Waals surface area contributed by atoms with Crippen molar-refractivity contribution in [2.75, 3.05) is 19.6 Å². The van der Waals surface area contributed by atoms with Crippen LogP contribution in [0.1, 0.15) is 36.8 Å². The van der Waals surface area contributed by atoms with Gasteiger partial charge in [0.05, 0.1) is 6.54 Å². The third kappa shape index (κ3) is 16.4. The number of halogens is 3. The van der Waals surface area contributed by atoms with Gasteiger partial charge in [0, 0.05) is 25.9 Å². The van der Waals surface area contributed by atoms with Gasteiger partial charge in [-0.15, -0.1) is 0 Å². The molecular weight excluding hydrogens is 797 g/mol. The molecule has 0 spiro atoms. The highest BCUT2D eigenvalue weighted by atomic mass is 19.4. The molecule has 4 rings (SSSR count). The number of rotatable bonds is 12. The first-order valence-corrected chi connectivity index (χ1v) is 18.4. The molecule has 0 unspecified atom stereocenters. The number of nitrogens with two attached hydrogens (primary N) is 3. The fourth-order valence-electron chi connectivity index (χ4n) is 5.80. The summed E-state index contributed by atoms with van der Waals surface area (Å²) >= 11 is 0. The van der Waals surface area contributed by atoms with Gasteiger partial charge in [-0.2, -0.15) is 13.2 Å². The second-order valence-electron chi connectivity index (χ2n) is 13.5. The van der Waals surface area contributed by atoms with Gasteiger partial charge in [-0.25, -0.2) is 9.59 Å². The Hall–Kier alpha value is -7.13. The highest BCUT2D eigenvalue weighted by molar-refractivity contribution is 5.97. The van der Waals surface area contributed by atoms with Crippen LogP contribution in [0.2, 0.25) is 0 Å². The largest absolute Gasteiger partial charge is 0.508 e. The number of phenolic OH excluding ortho intramolecular Hbond substituents is 1. The van der Waals surface area contributed by atoms with Crippen molar-refractivity contribution < 1.29 is 56.9 Å². The van der Waals surface area contributed by atoms with Crippen molar-refractivity contribution in [1.29, 1.82) is 0 Å². The number of nitrogens with zero attached hydrogens (tertiary/aromatic N) is 1. The molecule has 3 aromatic carbocycles. The smallest absolute Gasteiger partial charge is 0.490 e. The van der Waals surface area contributed by atoms with Crippen molar-refractivity contribution in [2.45, 2.75) is 68.9 Å². The third-order valence-corrected chi connectivity index (χ3v) is 8.76. The summed E-state index contributed by atoms with van der Waals surface area (Å²) in [6.07, 6.45) is -4.50. The van der Waals surface area contributed by atoms with E-state index in [-0.39, 0.29) is 63.3 Å². The Bertz CT molecular complexity index is 2030. The second kappa shape index (κ2) is 22.7. The Morgan fingerprint density at radius 1 is 0.717 bits per heavy atom. The molecule has 0 saturated carbocycles. The fourth-order valence-corrected chi connectivity index (χ4v) is 5.80. The van der Waals surface area contributed by atoms with E-state index in [2.05, 4.69) is 36.9 Å². The molecule has 0 aromatic heterocycles. The summed E-state index contributed by atoms with van der Waals surface area (Å²) in [6.45, 7) is -0.284. The van der Waals surface area contributed by atoms with Gasteiger partial charge in [0.15, 0.2) is 5.96 Å². The number of primary amides is 1. The Labute approximate surface area is 341 Å². The molecule has 19 nitrogen and oxygen atoms in total. The zero-order valence-corrected chi connectivity index (χ0v) is 32.1. The lowest BCUT2D eigenvalue weighted by molar-refractivity contribution is -0.192. The number of carbonyl (C=O) groups excluding carboxylic acids is 6. The number of fused-ring (bicyclic) bond motifs is 1. The number of hydrogen-bond donors (Lipinski definition) is 11. The predicted molar refractivity (Wildman–Crippen MR) is 211 cm³/mol. The van der Waals surface area contributed by atoms with E-state index in [4.69, 9.17) is 27.1 Å². The highest BCUT2D eigenvalue weighted by Gasteiger charge is 2.38. The van der Waals surface area contributed by atoms with E-state index in [1.54, 1.807) is 12.1 Å². The van der Waals surface area contributed by atoms with E-state index in [1.165, 1.54) is 12.1 Å². The second-order valence-corrected chi connectivity index (χ2v) is 13.5. The number of hydrogen-bond acceptors (Lipinski definition) is 9. The Morgan fingerprint density at radius 3 is 1.82 bits per heavy atom. The number of carbonyl (C=O) groups is 7. The van der Waals surface area contributed by atoms with Crippen LogP contribution in [0.15, 0.2) is 71.7 Å². The Kier molecular flexibility index (Phi) is 17.9. The van der Waals surface area contributed by atoms with Crippen LogP contribution in [0, 0.1) is 0 Å². The summed E-state index contributed by atoms with van der Waals surface area (Å²) in [4.78, 5) is 92.5. The van der Waals surface area contributed by atoms with E-state index >= 15 is 0 Å². The summed E-state index contributed by atoms with van der Waals surface area (Å²) < 4.78 is 31.7. The van der Waals surface area contributed by atoms with Crippen LogP contribution in [0.25, 0.3) is 10.8 Å². The number of nitrogens with one attached hydrogen (secondary N) is 6. The normalized spacial score (nSPS) is 19.0. The van der Waals surface area contributed by atoms with Gasteiger partial charge in [0.25, 0.3) is 0 Å². The zero-order valence-electron chi connectivity index (χ0n) is 32.1. The molecular formula is C38H47F3N10O9. The van der Waals surface area contributed by atoms with Crippen LogP contribution in [-0.4, -0.2) is 108 Å². The van der Waals surface area contributed by atoms with Crippen molar-refractivity contribution in [2.24, 2.45) is 22.2 Å². The number of carboxylic acids is 1. The first-order valence-electron chi connectivity index (χ1n) is 18.4. The average Bonchev–Trinajstić information content (AvgIpc) is 3.18. The van der Waals surface area contributed by atoms with Crippen LogP contribution in [0.3, 0.4) is 0 Å². The van der Waals surface area contributed by atoms with Gasteiger partial charge in [-0.05, 0) is 59.7 Å². The Balaban J connectivity index is 0.00000126. The van der Waals surface area contributed by atoms with E-state index in [0.29, 0.717) is 5.56 Å². The molecule has 3 aromatic rings. The minimum absolute atomic E-state index is 0.00546. The maximum atomic E-state index is 13.9. The van der Waals surface area contributed by atoms with Gasteiger partial charge in [0.2, 0.25) is 29.5 Å². The summed E-state index contributed by atoms with van der Waals surface area (Å²) in [5, 5.41) is 34.6. The first kappa shape index (κ1) is 47.2.